The van der Waals surface area contributed by atoms with Gasteiger partial charge in [0, 0.05) is 30.2 Å². The average molecular weight is 424 g/mol. The number of hydrogen-bond acceptors (Lipinski definition) is 5. The maximum atomic E-state index is 12.6. The summed E-state index contributed by atoms with van der Waals surface area (Å²) < 4.78 is 1.84. The van der Waals surface area contributed by atoms with Crippen molar-refractivity contribution in [1.29, 1.82) is 0 Å². The minimum absolute atomic E-state index is 0.143. The summed E-state index contributed by atoms with van der Waals surface area (Å²) in [5, 5.41) is 8.95. The number of aryl methyl sites for hydroxylation is 1. The summed E-state index contributed by atoms with van der Waals surface area (Å²) in [5.41, 5.74) is 3.50. The highest BCUT2D eigenvalue weighted by Crippen LogP contribution is 2.27. The zero-order valence-electron chi connectivity index (χ0n) is 15.7. The molecule has 29 heavy (non-hydrogen) atoms. The van der Waals surface area contributed by atoms with Crippen LogP contribution in [0.25, 0.3) is 10.7 Å². The van der Waals surface area contributed by atoms with E-state index in [2.05, 4.69) is 20.4 Å². The summed E-state index contributed by atoms with van der Waals surface area (Å²) >= 11 is 7.28. The van der Waals surface area contributed by atoms with Crippen LogP contribution in [0.1, 0.15) is 26.5 Å². The first kappa shape index (κ1) is 19.3. The van der Waals surface area contributed by atoms with Crippen molar-refractivity contribution in [3.63, 3.8) is 0 Å². The van der Waals surface area contributed by atoms with Crippen LogP contribution >= 0.6 is 22.9 Å². The monoisotopic (exact) mass is 423 g/mol. The molecule has 0 aliphatic carbocycles. The molecular formula is C21H18ClN5OS. The molecule has 1 amide bonds. The van der Waals surface area contributed by atoms with E-state index < -0.39 is 0 Å². The summed E-state index contributed by atoms with van der Waals surface area (Å²) in [4.78, 5) is 21.7. The Kier molecular flexibility index (Phi) is 5.69. The van der Waals surface area contributed by atoms with Crippen molar-refractivity contribution in [2.75, 3.05) is 0 Å². The Balaban J connectivity index is 1.45. The number of hydrogen-bond donors (Lipinski definition) is 1. The number of halogens is 1. The van der Waals surface area contributed by atoms with Gasteiger partial charge in [0.1, 0.15) is 15.6 Å². The molecule has 0 saturated carbocycles. The van der Waals surface area contributed by atoms with Crippen LogP contribution in [0, 0.1) is 6.92 Å². The number of rotatable bonds is 6. The maximum Gasteiger partial charge on any atom is 0.263 e. The lowest BCUT2D eigenvalue weighted by Crippen LogP contribution is -2.22. The molecule has 8 heteroatoms. The van der Waals surface area contributed by atoms with Crippen molar-refractivity contribution >= 4 is 28.8 Å². The van der Waals surface area contributed by atoms with Crippen molar-refractivity contribution in [3.05, 3.63) is 87.8 Å². The molecule has 0 aliphatic heterocycles. The Morgan fingerprint density at radius 3 is 2.76 bits per heavy atom. The molecule has 0 spiro atoms. The van der Waals surface area contributed by atoms with Crippen LogP contribution in [-0.4, -0.2) is 25.7 Å². The summed E-state index contributed by atoms with van der Waals surface area (Å²) in [6, 6.07) is 13.3. The Morgan fingerprint density at radius 1 is 1.17 bits per heavy atom. The van der Waals surface area contributed by atoms with E-state index in [-0.39, 0.29) is 5.91 Å². The molecule has 1 aromatic carbocycles. The van der Waals surface area contributed by atoms with Crippen LogP contribution in [0.15, 0.2) is 61.1 Å². The number of amides is 1. The first-order chi connectivity index (χ1) is 14.1. The van der Waals surface area contributed by atoms with Gasteiger partial charge in [0.25, 0.3) is 5.91 Å². The molecular weight excluding hydrogens is 406 g/mol. The van der Waals surface area contributed by atoms with Gasteiger partial charge in [0.2, 0.25) is 0 Å². The smallest absolute Gasteiger partial charge is 0.263 e. The number of benzene rings is 1. The quantitative estimate of drug-likeness (QED) is 0.500. The topological polar surface area (TPSA) is 72.7 Å². The highest BCUT2D eigenvalue weighted by Gasteiger charge is 2.17. The minimum Gasteiger partial charge on any atom is -0.347 e. The van der Waals surface area contributed by atoms with Gasteiger partial charge in [-0.3, -0.25) is 14.5 Å². The first-order valence-electron chi connectivity index (χ1n) is 9.01. The lowest BCUT2D eigenvalue weighted by atomic mass is 10.2. The zero-order valence-corrected chi connectivity index (χ0v) is 17.2. The third-order valence-electron chi connectivity index (χ3n) is 4.30. The van der Waals surface area contributed by atoms with Gasteiger partial charge in [0.05, 0.1) is 12.2 Å². The Labute approximate surface area is 177 Å². The van der Waals surface area contributed by atoms with E-state index in [9.17, 15) is 4.79 Å². The van der Waals surface area contributed by atoms with Crippen molar-refractivity contribution in [2.45, 2.75) is 20.0 Å². The molecule has 0 unspecified atom stereocenters. The summed E-state index contributed by atoms with van der Waals surface area (Å²) in [6.07, 6.45) is 5.35. The molecule has 0 atom stereocenters. The van der Waals surface area contributed by atoms with Gasteiger partial charge in [-0.2, -0.15) is 5.10 Å². The SMILES string of the molecule is Cc1nc(-c2ccn(Cc3ccc(Cl)cc3)n2)sc1C(=O)NCc1cccnc1. The van der Waals surface area contributed by atoms with Gasteiger partial charge in [-0.1, -0.05) is 29.8 Å². The lowest BCUT2D eigenvalue weighted by molar-refractivity contribution is 0.0954. The molecule has 0 aliphatic rings. The van der Waals surface area contributed by atoms with Gasteiger partial charge in [-0.15, -0.1) is 11.3 Å². The summed E-state index contributed by atoms with van der Waals surface area (Å²) in [7, 11) is 0. The maximum absolute atomic E-state index is 12.6. The van der Waals surface area contributed by atoms with Gasteiger partial charge >= 0.3 is 0 Å². The average Bonchev–Trinajstić information content (AvgIpc) is 3.35. The Bertz CT molecular complexity index is 1120. The van der Waals surface area contributed by atoms with Crippen molar-refractivity contribution in [3.8, 4) is 10.7 Å². The van der Waals surface area contributed by atoms with Crippen LogP contribution in [0.4, 0.5) is 0 Å². The first-order valence-corrected chi connectivity index (χ1v) is 10.2. The van der Waals surface area contributed by atoms with Gasteiger partial charge < -0.3 is 5.32 Å². The fourth-order valence-electron chi connectivity index (χ4n) is 2.82. The second kappa shape index (κ2) is 8.55. The van der Waals surface area contributed by atoms with Gasteiger partial charge in [0.15, 0.2) is 0 Å². The van der Waals surface area contributed by atoms with Crippen LogP contribution in [-0.2, 0) is 13.1 Å². The summed E-state index contributed by atoms with van der Waals surface area (Å²) in [6.45, 7) is 2.90. The van der Waals surface area contributed by atoms with E-state index in [1.54, 1.807) is 12.4 Å². The number of thiazole rings is 1. The third-order valence-corrected chi connectivity index (χ3v) is 5.73. The lowest BCUT2D eigenvalue weighted by Gasteiger charge is -2.03. The molecule has 3 aromatic heterocycles. The second-order valence-corrected chi connectivity index (χ2v) is 7.94. The molecule has 4 aromatic rings. The highest BCUT2D eigenvalue weighted by molar-refractivity contribution is 7.17. The van der Waals surface area contributed by atoms with Gasteiger partial charge in [-0.05, 0) is 42.3 Å². The van der Waals surface area contributed by atoms with Crippen LogP contribution < -0.4 is 5.32 Å². The van der Waals surface area contributed by atoms with Crippen LogP contribution in [0.2, 0.25) is 5.02 Å². The minimum atomic E-state index is -0.143. The van der Waals surface area contributed by atoms with E-state index in [1.165, 1.54) is 11.3 Å². The molecule has 0 saturated heterocycles. The highest BCUT2D eigenvalue weighted by atomic mass is 35.5. The number of carbonyl (C=O) groups is 1. The Morgan fingerprint density at radius 2 is 2.00 bits per heavy atom. The van der Waals surface area contributed by atoms with E-state index in [0.717, 1.165) is 21.8 Å². The van der Waals surface area contributed by atoms with Gasteiger partial charge in [-0.25, -0.2) is 4.98 Å². The molecule has 0 radical (unpaired) electrons. The van der Waals surface area contributed by atoms with E-state index in [0.29, 0.717) is 28.7 Å². The van der Waals surface area contributed by atoms with E-state index >= 15 is 0 Å². The molecule has 1 N–H and O–H groups in total. The largest absolute Gasteiger partial charge is 0.347 e. The number of carbonyl (C=O) groups excluding carboxylic acids is 1. The number of pyridine rings is 1. The standard InChI is InChI=1S/C21H18ClN5OS/c1-14-19(20(28)24-12-16-3-2-9-23-11-16)29-21(25-14)18-8-10-27(26-18)13-15-4-6-17(22)7-5-15/h2-11H,12-13H2,1H3,(H,24,28). The molecule has 6 nitrogen and oxygen atoms in total. The van der Waals surface area contributed by atoms with E-state index in [4.69, 9.17) is 11.6 Å². The predicted octanol–water partition coefficient (Wildman–Crippen LogP) is 4.34. The zero-order chi connectivity index (χ0) is 20.2. The molecule has 146 valence electrons. The molecule has 0 fully saturated rings. The fourth-order valence-corrected chi connectivity index (χ4v) is 3.90. The van der Waals surface area contributed by atoms with E-state index in [1.807, 2.05) is 60.3 Å². The van der Waals surface area contributed by atoms with Crippen LogP contribution in [0.5, 0.6) is 0 Å². The third kappa shape index (κ3) is 4.70. The number of nitrogens with zero attached hydrogens (tertiary/aromatic N) is 4. The second-order valence-electron chi connectivity index (χ2n) is 6.50. The number of aromatic nitrogens is 4. The van der Waals surface area contributed by atoms with Crippen molar-refractivity contribution < 1.29 is 4.79 Å². The van der Waals surface area contributed by atoms with Crippen molar-refractivity contribution in [2.24, 2.45) is 0 Å². The normalized spacial score (nSPS) is 10.8. The predicted molar refractivity (Wildman–Crippen MR) is 114 cm³/mol. The molecule has 3 heterocycles. The Hall–Kier alpha value is -3.03. The molecule has 0 bridgehead atoms. The summed E-state index contributed by atoms with van der Waals surface area (Å²) in [5.74, 6) is -0.143. The number of nitrogens with one attached hydrogen (secondary N) is 1. The molecule has 4 rings (SSSR count). The van der Waals surface area contributed by atoms with Crippen LogP contribution in [0.3, 0.4) is 0 Å². The fraction of sp³-hybridized carbons (Fsp3) is 0.143. The van der Waals surface area contributed by atoms with Crippen molar-refractivity contribution in [1.82, 2.24) is 25.1 Å².